The Bertz CT molecular complexity index is 382. The molecule has 0 fully saturated rings. The molecule has 0 aromatic heterocycles. The molecule has 0 aliphatic carbocycles. The fraction of sp³-hybridized carbons (Fsp3) is 0.500. The molecule has 0 heterocycles. The van der Waals surface area contributed by atoms with Crippen LogP contribution in [-0.2, 0) is 6.18 Å². The van der Waals surface area contributed by atoms with Crippen LogP contribution in [0.25, 0.3) is 0 Å². The molecule has 0 amide bonds. The van der Waals surface area contributed by atoms with Crippen molar-refractivity contribution in [2.45, 2.75) is 32.4 Å². The maximum absolute atomic E-state index is 12.5. The summed E-state index contributed by atoms with van der Waals surface area (Å²) in [6, 6.07) is 1.68. The van der Waals surface area contributed by atoms with Crippen LogP contribution in [0.1, 0.15) is 31.7 Å². The van der Waals surface area contributed by atoms with Crippen LogP contribution in [0.5, 0.6) is 5.75 Å². The first-order valence-corrected chi connectivity index (χ1v) is 5.75. The Morgan fingerprint density at radius 3 is 2.11 bits per heavy atom. The maximum Gasteiger partial charge on any atom is 0.416 e. The van der Waals surface area contributed by atoms with Gasteiger partial charge in [-0.1, -0.05) is 19.8 Å². The van der Waals surface area contributed by atoms with Crippen LogP contribution in [0.2, 0.25) is 0 Å². The monoisotopic (exact) mass is 262 g/mol. The van der Waals surface area contributed by atoms with Crippen LogP contribution in [0, 0.1) is 0 Å². The van der Waals surface area contributed by atoms with Crippen LogP contribution < -0.4 is 16.2 Å². The van der Waals surface area contributed by atoms with E-state index in [9.17, 15) is 13.2 Å². The van der Waals surface area contributed by atoms with Crippen molar-refractivity contribution in [3.05, 3.63) is 17.7 Å². The number of anilines is 2. The van der Waals surface area contributed by atoms with E-state index < -0.39 is 11.7 Å². The van der Waals surface area contributed by atoms with E-state index in [1.165, 1.54) is 0 Å². The van der Waals surface area contributed by atoms with Crippen molar-refractivity contribution in [2.75, 3.05) is 18.1 Å². The summed E-state index contributed by atoms with van der Waals surface area (Å²) in [5, 5.41) is 0. The lowest BCUT2D eigenvalue weighted by molar-refractivity contribution is -0.137. The summed E-state index contributed by atoms with van der Waals surface area (Å²) < 4.78 is 42.8. The predicted molar refractivity (Wildman–Crippen MR) is 65.3 cm³/mol. The predicted octanol–water partition coefficient (Wildman–Crippen LogP) is 3.44. The van der Waals surface area contributed by atoms with Crippen molar-refractivity contribution in [2.24, 2.45) is 0 Å². The van der Waals surface area contributed by atoms with Crippen molar-refractivity contribution in [3.8, 4) is 5.75 Å². The van der Waals surface area contributed by atoms with E-state index in [0.717, 1.165) is 31.4 Å². The van der Waals surface area contributed by atoms with Crippen molar-refractivity contribution in [3.63, 3.8) is 0 Å². The van der Waals surface area contributed by atoms with Gasteiger partial charge in [0.2, 0.25) is 0 Å². The molecule has 0 aliphatic heterocycles. The second-order valence-corrected chi connectivity index (χ2v) is 4.04. The Labute approximate surface area is 104 Å². The van der Waals surface area contributed by atoms with E-state index in [2.05, 4.69) is 0 Å². The first kappa shape index (κ1) is 14.5. The standard InChI is InChI=1S/C12H17F3N2O/c1-2-3-4-5-18-11-9(16)6-8(7-10(11)17)12(13,14)15/h6-7H,2-5,16-17H2,1H3. The van der Waals surface area contributed by atoms with Crippen LogP contribution >= 0.6 is 0 Å². The van der Waals surface area contributed by atoms with E-state index in [1.807, 2.05) is 6.92 Å². The number of ether oxygens (including phenoxy) is 1. The molecule has 0 atom stereocenters. The second-order valence-electron chi connectivity index (χ2n) is 4.04. The largest absolute Gasteiger partial charge is 0.489 e. The lowest BCUT2D eigenvalue weighted by atomic mass is 10.1. The fourth-order valence-corrected chi connectivity index (χ4v) is 1.53. The highest BCUT2D eigenvalue weighted by molar-refractivity contribution is 5.69. The van der Waals surface area contributed by atoms with Gasteiger partial charge in [0.15, 0.2) is 5.75 Å². The minimum atomic E-state index is -4.46. The third kappa shape index (κ3) is 3.72. The van der Waals surface area contributed by atoms with Gasteiger partial charge < -0.3 is 16.2 Å². The highest BCUT2D eigenvalue weighted by Gasteiger charge is 2.32. The van der Waals surface area contributed by atoms with Gasteiger partial charge in [0.1, 0.15) is 0 Å². The summed E-state index contributed by atoms with van der Waals surface area (Å²) in [6.07, 6.45) is -1.62. The van der Waals surface area contributed by atoms with Gasteiger partial charge in [-0.15, -0.1) is 0 Å². The Morgan fingerprint density at radius 1 is 1.11 bits per heavy atom. The molecule has 102 valence electrons. The molecule has 0 saturated carbocycles. The Hall–Kier alpha value is -1.59. The van der Waals surface area contributed by atoms with Crippen molar-refractivity contribution in [1.29, 1.82) is 0 Å². The van der Waals surface area contributed by atoms with E-state index in [1.54, 1.807) is 0 Å². The van der Waals surface area contributed by atoms with Gasteiger partial charge in [-0.25, -0.2) is 0 Å². The van der Waals surface area contributed by atoms with Gasteiger partial charge in [-0.3, -0.25) is 0 Å². The lowest BCUT2D eigenvalue weighted by Gasteiger charge is -2.14. The highest BCUT2D eigenvalue weighted by atomic mass is 19.4. The SMILES string of the molecule is CCCCCOc1c(N)cc(C(F)(F)F)cc1N. The normalized spacial score (nSPS) is 11.6. The number of benzene rings is 1. The zero-order valence-corrected chi connectivity index (χ0v) is 10.2. The molecule has 0 aliphatic rings. The van der Waals surface area contributed by atoms with Crippen molar-refractivity contribution >= 4 is 11.4 Å². The first-order valence-electron chi connectivity index (χ1n) is 5.75. The summed E-state index contributed by atoms with van der Waals surface area (Å²) in [6.45, 7) is 2.44. The fourth-order valence-electron chi connectivity index (χ4n) is 1.53. The highest BCUT2D eigenvalue weighted by Crippen LogP contribution is 2.37. The summed E-state index contributed by atoms with van der Waals surface area (Å²) in [5.41, 5.74) is 10.0. The third-order valence-electron chi connectivity index (χ3n) is 2.47. The van der Waals surface area contributed by atoms with Crippen LogP contribution in [0.15, 0.2) is 12.1 Å². The van der Waals surface area contributed by atoms with Crippen LogP contribution in [0.4, 0.5) is 24.5 Å². The maximum atomic E-state index is 12.5. The molecule has 18 heavy (non-hydrogen) atoms. The Morgan fingerprint density at radius 2 is 1.67 bits per heavy atom. The lowest BCUT2D eigenvalue weighted by Crippen LogP contribution is -2.09. The molecule has 3 nitrogen and oxygen atoms in total. The number of hydrogen-bond acceptors (Lipinski definition) is 3. The van der Waals surface area contributed by atoms with Crippen molar-refractivity contribution in [1.82, 2.24) is 0 Å². The number of halogens is 3. The summed E-state index contributed by atoms with van der Waals surface area (Å²) in [7, 11) is 0. The smallest absolute Gasteiger partial charge is 0.416 e. The molecular formula is C12H17F3N2O. The summed E-state index contributed by atoms with van der Waals surface area (Å²) in [5.74, 6) is 0.138. The van der Waals surface area contributed by atoms with Crippen LogP contribution in [0.3, 0.4) is 0 Å². The minimum absolute atomic E-state index is 0.0844. The van der Waals surface area contributed by atoms with Gasteiger partial charge in [0.05, 0.1) is 23.5 Å². The molecule has 1 aromatic carbocycles. The Kier molecular flexibility index (Phi) is 4.69. The number of hydrogen-bond donors (Lipinski definition) is 2. The topological polar surface area (TPSA) is 61.3 Å². The van der Waals surface area contributed by atoms with Crippen molar-refractivity contribution < 1.29 is 17.9 Å². The summed E-state index contributed by atoms with van der Waals surface area (Å²) in [4.78, 5) is 0. The van der Waals surface area contributed by atoms with Crippen LogP contribution in [-0.4, -0.2) is 6.61 Å². The summed E-state index contributed by atoms with van der Waals surface area (Å²) >= 11 is 0. The minimum Gasteiger partial charge on any atom is -0.489 e. The van der Waals surface area contributed by atoms with Gasteiger partial charge >= 0.3 is 6.18 Å². The third-order valence-corrected chi connectivity index (χ3v) is 2.47. The number of alkyl halides is 3. The average molecular weight is 262 g/mol. The molecule has 0 spiro atoms. The molecule has 1 aromatic rings. The molecule has 0 unspecified atom stereocenters. The molecule has 0 saturated heterocycles. The average Bonchev–Trinajstić information content (AvgIpc) is 2.25. The number of nitrogens with two attached hydrogens (primary N) is 2. The molecular weight excluding hydrogens is 245 g/mol. The number of unbranched alkanes of at least 4 members (excludes halogenated alkanes) is 2. The quantitative estimate of drug-likeness (QED) is 0.631. The molecule has 1 rings (SSSR count). The first-order chi connectivity index (χ1) is 8.36. The number of rotatable bonds is 5. The van der Waals surface area contributed by atoms with Gasteiger partial charge in [-0.05, 0) is 18.6 Å². The second kappa shape index (κ2) is 5.84. The Balaban J connectivity index is 2.82. The van der Waals surface area contributed by atoms with E-state index in [4.69, 9.17) is 16.2 Å². The molecule has 0 bridgehead atoms. The van der Waals surface area contributed by atoms with E-state index >= 15 is 0 Å². The zero-order chi connectivity index (χ0) is 13.8. The van der Waals surface area contributed by atoms with Gasteiger partial charge in [0.25, 0.3) is 0 Å². The van der Waals surface area contributed by atoms with Gasteiger partial charge in [0, 0.05) is 0 Å². The molecule has 0 radical (unpaired) electrons. The van der Waals surface area contributed by atoms with E-state index in [0.29, 0.717) is 6.61 Å². The van der Waals surface area contributed by atoms with Gasteiger partial charge in [-0.2, -0.15) is 13.2 Å². The van der Waals surface area contributed by atoms with E-state index in [-0.39, 0.29) is 17.1 Å². The zero-order valence-electron chi connectivity index (χ0n) is 10.2. The molecule has 6 heteroatoms. The molecule has 4 N–H and O–H groups in total. The number of nitrogen functional groups attached to an aromatic ring is 2.